The highest BCUT2D eigenvalue weighted by atomic mass is 32.2. The van der Waals surface area contributed by atoms with Gasteiger partial charge in [0, 0.05) is 30.8 Å². The van der Waals surface area contributed by atoms with E-state index in [0.29, 0.717) is 30.8 Å². The Balaban J connectivity index is 1.04. The molecule has 1 heterocycles. The average molecular weight is 820 g/mol. The Morgan fingerprint density at radius 2 is 1.42 bits per heavy atom. The minimum Gasteiger partial charge on any atom is -0.392 e. The number of ether oxygens (including phenoxy) is 2. The van der Waals surface area contributed by atoms with Crippen LogP contribution in [0.25, 0.3) is 21.5 Å². The van der Waals surface area contributed by atoms with Gasteiger partial charge in [0.25, 0.3) is 0 Å². The third kappa shape index (κ3) is 9.66. The van der Waals surface area contributed by atoms with Crippen LogP contribution < -0.4 is 10.0 Å². The minimum absolute atomic E-state index is 0.0497. The topological polar surface area (TPSA) is 117 Å². The van der Waals surface area contributed by atoms with E-state index in [1.807, 2.05) is 79.7 Å². The van der Waals surface area contributed by atoms with Crippen LogP contribution >= 0.6 is 0 Å². The Labute approximate surface area is 351 Å². The number of fused-ring (bicyclic) bond motifs is 2. The number of aryl methyl sites for hydroxylation is 1. The number of hydrogen-bond donors (Lipinski definition) is 3. The summed E-state index contributed by atoms with van der Waals surface area (Å²) >= 11 is 0. The first-order valence-electron chi connectivity index (χ1n) is 20.2. The number of aliphatic hydroxyl groups is 1. The van der Waals surface area contributed by atoms with Gasteiger partial charge < -0.3 is 19.9 Å². The Bertz CT molecular complexity index is 2640. The number of amides is 1. The molecule has 60 heavy (non-hydrogen) atoms. The van der Waals surface area contributed by atoms with Crippen LogP contribution in [0.1, 0.15) is 52.2 Å². The van der Waals surface area contributed by atoms with Crippen LogP contribution in [-0.4, -0.2) is 50.1 Å². The summed E-state index contributed by atoms with van der Waals surface area (Å²) in [4.78, 5) is 16.4. The molecular formula is C50H49N3O6S. The predicted molar refractivity (Wildman–Crippen MR) is 237 cm³/mol. The van der Waals surface area contributed by atoms with Gasteiger partial charge in [0.15, 0.2) is 6.29 Å². The summed E-state index contributed by atoms with van der Waals surface area (Å²) in [5.74, 6) is -0.500. The van der Waals surface area contributed by atoms with E-state index in [0.717, 1.165) is 22.3 Å². The van der Waals surface area contributed by atoms with E-state index in [-0.39, 0.29) is 30.1 Å². The molecule has 1 fully saturated rings. The fraction of sp³-hybridized carbons (Fsp3) is 0.220. The third-order valence-corrected chi connectivity index (χ3v) is 12.6. The smallest absolute Gasteiger partial charge is 0.242 e. The van der Waals surface area contributed by atoms with Crippen molar-refractivity contribution >= 4 is 43.2 Å². The summed E-state index contributed by atoms with van der Waals surface area (Å²) in [6.45, 7) is 3.17. The molecule has 0 bridgehead atoms. The standard InChI is InChI=1S/C50H49N3O6S/c1-34-19-25-43(26-20-34)60(56,57)52-47(27-35-11-4-3-5-12-35)49(55)51-41-16-10-15-40(29-41)50-58-42(30-48(59-50)37-23-21-36(33-54)22-24-37)31-53(2)32-46-44-17-8-6-13-38(44)28-39-14-7-9-18-45(39)46/h3-26,28-29,42,47-48,50,52,54H,27,30-33H2,1-2H3,(H,51,55). The van der Waals surface area contributed by atoms with Gasteiger partial charge in [-0.3, -0.25) is 9.69 Å². The molecule has 0 saturated carbocycles. The van der Waals surface area contributed by atoms with Crippen molar-refractivity contribution in [2.45, 2.75) is 62.4 Å². The number of rotatable bonds is 14. The van der Waals surface area contributed by atoms with Crippen LogP contribution in [0, 0.1) is 6.92 Å². The minimum atomic E-state index is -4.02. The van der Waals surface area contributed by atoms with Crippen molar-refractivity contribution < 1.29 is 27.8 Å². The van der Waals surface area contributed by atoms with Crippen molar-refractivity contribution in [1.29, 1.82) is 0 Å². The fourth-order valence-corrected chi connectivity index (χ4v) is 9.19. The number of aliphatic hydroxyl groups excluding tert-OH is 1. The molecule has 7 aromatic carbocycles. The number of sulfonamides is 1. The number of nitrogens with zero attached hydrogens (tertiary/aromatic N) is 1. The number of nitrogens with one attached hydrogen (secondary N) is 2. The summed E-state index contributed by atoms with van der Waals surface area (Å²) in [7, 11) is -1.91. The zero-order valence-corrected chi connectivity index (χ0v) is 34.5. The molecule has 4 atom stereocenters. The number of likely N-dealkylation sites (N-methyl/N-ethyl adjacent to an activating group) is 1. The first-order chi connectivity index (χ1) is 29.1. The number of hydrogen-bond acceptors (Lipinski definition) is 7. The maximum atomic E-state index is 14.0. The van der Waals surface area contributed by atoms with E-state index in [4.69, 9.17) is 9.47 Å². The summed E-state index contributed by atoms with van der Waals surface area (Å²) < 4.78 is 43.2. The Morgan fingerprint density at radius 1 is 0.750 bits per heavy atom. The molecule has 4 unspecified atom stereocenters. The van der Waals surface area contributed by atoms with Crippen LogP contribution in [-0.2, 0) is 43.9 Å². The quantitative estimate of drug-likeness (QED) is 0.0939. The van der Waals surface area contributed by atoms with Crippen molar-refractivity contribution in [3.05, 3.63) is 191 Å². The first-order valence-corrected chi connectivity index (χ1v) is 21.7. The molecule has 0 aliphatic carbocycles. The van der Waals surface area contributed by atoms with Crippen LogP contribution in [0.3, 0.4) is 0 Å². The summed E-state index contributed by atoms with van der Waals surface area (Å²) in [6.07, 6.45) is -0.545. The van der Waals surface area contributed by atoms with E-state index >= 15 is 0 Å². The number of anilines is 1. The van der Waals surface area contributed by atoms with Crippen LogP contribution in [0.2, 0.25) is 0 Å². The average Bonchev–Trinajstić information content (AvgIpc) is 3.26. The zero-order chi connectivity index (χ0) is 41.6. The zero-order valence-electron chi connectivity index (χ0n) is 33.7. The van der Waals surface area contributed by atoms with Gasteiger partial charge in [-0.15, -0.1) is 0 Å². The lowest BCUT2D eigenvalue weighted by Crippen LogP contribution is -2.45. The highest BCUT2D eigenvalue weighted by Gasteiger charge is 2.33. The van der Waals surface area contributed by atoms with Gasteiger partial charge in [-0.1, -0.05) is 133 Å². The van der Waals surface area contributed by atoms with Crippen molar-refractivity contribution in [2.24, 2.45) is 0 Å². The van der Waals surface area contributed by atoms with E-state index in [2.05, 4.69) is 76.6 Å². The van der Waals surface area contributed by atoms with Crippen molar-refractivity contribution in [2.75, 3.05) is 18.9 Å². The molecule has 9 nitrogen and oxygen atoms in total. The van der Waals surface area contributed by atoms with E-state index in [9.17, 15) is 18.3 Å². The van der Waals surface area contributed by atoms with Crippen molar-refractivity contribution in [3.8, 4) is 0 Å². The van der Waals surface area contributed by atoms with Gasteiger partial charge >= 0.3 is 0 Å². The summed E-state index contributed by atoms with van der Waals surface area (Å²) in [6, 6.07) is 49.1. The van der Waals surface area contributed by atoms with Gasteiger partial charge in [0.2, 0.25) is 15.9 Å². The molecule has 0 spiro atoms. The maximum absolute atomic E-state index is 14.0. The molecule has 8 rings (SSSR count). The number of benzene rings is 7. The Morgan fingerprint density at radius 3 is 2.10 bits per heavy atom. The Hall–Kier alpha value is -5.72. The fourth-order valence-electron chi connectivity index (χ4n) is 8.00. The number of carbonyl (C=O) groups excluding carboxylic acids is 1. The lowest BCUT2D eigenvalue weighted by molar-refractivity contribution is -0.252. The largest absolute Gasteiger partial charge is 0.392 e. The highest BCUT2D eigenvalue weighted by Crippen LogP contribution is 2.39. The van der Waals surface area contributed by atoms with E-state index in [1.54, 1.807) is 18.2 Å². The second-order valence-corrected chi connectivity index (χ2v) is 17.3. The van der Waals surface area contributed by atoms with Gasteiger partial charge in [0.1, 0.15) is 6.04 Å². The molecule has 1 aliphatic heterocycles. The lowest BCUT2D eigenvalue weighted by Gasteiger charge is -2.38. The van der Waals surface area contributed by atoms with Crippen LogP contribution in [0.15, 0.2) is 163 Å². The molecule has 10 heteroatoms. The highest BCUT2D eigenvalue weighted by molar-refractivity contribution is 7.89. The molecule has 1 saturated heterocycles. The maximum Gasteiger partial charge on any atom is 0.242 e. The van der Waals surface area contributed by atoms with Gasteiger partial charge in [0.05, 0.1) is 23.7 Å². The molecule has 7 aromatic rings. The molecule has 1 amide bonds. The molecule has 1 aliphatic rings. The van der Waals surface area contributed by atoms with Gasteiger partial charge in [-0.2, -0.15) is 4.72 Å². The van der Waals surface area contributed by atoms with E-state index < -0.39 is 28.3 Å². The van der Waals surface area contributed by atoms with Crippen molar-refractivity contribution in [1.82, 2.24) is 9.62 Å². The molecule has 306 valence electrons. The monoisotopic (exact) mass is 819 g/mol. The molecule has 3 N–H and O–H groups in total. The van der Waals surface area contributed by atoms with Crippen LogP contribution in [0.4, 0.5) is 5.69 Å². The van der Waals surface area contributed by atoms with Gasteiger partial charge in [-0.25, -0.2) is 8.42 Å². The van der Waals surface area contributed by atoms with Crippen molar-refractivity contribution in [3.63, 3.8) is 0 Å². The second kappa shape index (κ2) is 18.3. The number of carbonyl (C=O) groups is 1. The molecular weight excluding hydrogens is 771 g/mol. The SMILES string of the molecule is Cc1ccc(S(=O)(=O)NC(Cc2ccccc2)C(=O)Nc2cccc(C3OC(CN(C)Cc4c5ccccc5cc5ccccc45)CC(c4ccc(CO)cc4)O3)c2)cc1. The normalized spacial score (nSPS) is 17.5. The lowest BCUT2D eigenvalue weighted by atomic mass is 9.96. The molecule has 0 aromatic heterocycles. The third-order valence-electron chi connectivity index (χ3n) is 11.1. The van der Waals surface area contributed by atoms with E-state index in [1.165, 1.54) is 39.2 Å². The first kappa shape index (κ1) is 41.0. The molecule has 0 radical (unpaired) electrons. The predicted octanol–water partition coefficient (Wildman–Crippen LogP) is 9.00. The Kier molecular flexibility index (Phi) is 12.5. The summed E-state index contributed by atoms with van der Waals surface area (Å²) in [5, 5.41) is 17.5. The summed E-state index contributed by atoms with van der Waals surface area (Å²) in [5.41, 5.74) is 5.97. The van der Waals surface area contributed by atoms with Gasteiger partial charge in [-0.05, 0) is 94.5 Å². The van der Waals surface area contributed by atoms with Crippen LogP contribution in [0.5, 0.6) is 0 Å². The second-order valence-electron chi connectivity index (χ2n) is 15.6.